The second kappa shape index (κ2) is 10.1. The molecule has 174 valence electrons. The second-order valence-corrected chi connectivity index (χ2v) is 7.63. The van der Waals surface area contributed by atoms with Gasteiger partial charge in [0.25, 0.3) is 11.8 Å². The highest BCUT2D eigenvalue weighted by Crippen LogP contribution is 2.29. The predicted octanol–water partition coefficient (Wildman–Crippen LogP) is 3.39. The number of aliphatic hydroxyl groups excluding tert-OH is 1. The van der Waals surface area contributed by atoms with Crippen molar-refractivity contribution in [2.75, 3.05) is 24.3 Å². The summed E-state index contributed by atoms with van der Waals surface area (Å²) in [7, 11) is 1.60. The van der Waals surface area contributed by atoms with Crippen LogP contribution in [0.25, 0.3) is 11.5 Å². The van der Waals surface area contributed by atoms with E-state index in [4.69, 9.17) is 4.52 Å². The number of aromatic nitrogens is 4. The summed E-state index contributed by atoms with van der Waals surface area (Å²) in [6.45, 7) is 3.43. The van der Waals surface area contributed by atoms with Crippen LogP contribution in [0.3, 0.4) is 0 Å². The van der Waals surface area contributed by atoms with E-state index in [-0.39, 0.29) is 18.4 Å². The molecule has 0 radical (unpaired) electrons. The molecule has 0 fully saturated rings. The molecule has 2 aromatic carbocycles. The quantitative estimate of drug-likeness (QED) is 0.312. The van der Waals surface area contributed by atoms with Crippen LogP contribution in [-0.2, 0) is 0 Å². The molecule has 0 unspecified atom stereocenters. The third-order valence-corrected chi connectivity index (χ3v) is 5.20. The summed E-state index contributed by atoms with van der Waals surface area (Å²) in [5.74, 6) is 1.34. The minimum atomic E-state index is -0.416. The molecule has 4 aromatic rings. The number of aryl methyl sites for hydroxylation is 2. The van der Waals surface area contributed by atoms with Gasteiger partial charge in [-0.2, -0.15) is 9.97 Å². The van der Waals surface area contributed by atoms with Crippen LogP contribution in [0.4, 0.5) is 17.5 Å². The minimum Gasteiger partial charge on any atom is -0.394 e. The zero-order valence-corrected chi connectivity index (χ0v) is 19.0. The summed E-state index contributed by atoms with van der Waals surface area (Å²) < 4.78 is 5.33. The summed E-state index contributed by atoms with van der Waals surface area (Å²) in [5.41, 5.74) is 3.52. The molecule has 10 nitrogen and oxygen atoms in total. The van der Waals surface area contributed by atoms with Gasteiger partial charge >= 0.3 is 0 Å². The molecule has 10 heteroatoms. The molecule has 2 heterocycles. The lowest BCUT2D eigenvalue weighted by molar-refractivity contribution is 0.0962. The van der Waals surface area contributed by atoms with E-state index in [0.717, 1.165) is 16.8 Å². The Kier molecular flexibility index (Phi) is 6.79. The molecule has 0 bridgehead atoms. The number of hydrogen-bond acceptors (Lipinski definition) is 9. The summed E-state index contributed by atoms with van der Waals surface area (Å²) in [4.78, 5) is 25.3. The fourth-order valence-electron chi connectivity index (χ4n) is 3.46. The number of hydrogen-bond donors (Lipinski definition) is 4. The fraction of sp³-hybridized carbons (Fsp3) is 0.208. The van der Waals surface area contributed by atoms with Crippen LogP contribution in [0.1, 0.15) is 33.4 Å². The van der Waals surface area contributed by atoms with Crippen LogP contribution in [0.5, 0.6) is 0 Å². The Balaban J connectivity index is 1.67. The molecule has 0 aliphatic carbocycles. The standard InChI is InChI=1S/C24H25N7O3/c1-14-11-17(9-10-18(14)22(33)25-3)28-24-26-12-19(23-27-15(2)31-34-23)21(30-24)29-20(13-32)16-7-5-4-6-8-16/h4-12,20,32H,13H2,1-3H3,(H,25,33)(H2,26,28,29,30)/t20-/m1/s1. The number of amides is 1. The normalized spacial score (nSPS) is 11.6. The first-order chi connectivity index (χ1) is 16.5. The molecule has 4 rings (SSSR count). The van der Waals surface area contributed by atoms with Crippen LogP contribution in [0, 0.1) is 13.8 Å². The van der Waals surface area contributed by atoms with Gasteiger partial charge in [-0.05, 0) is 43.2 Å². The average Bonchev–Trinajstić information content (AvgIpc) is 3.28. The molecule has 0 spiro atoms. The van der Waals surface area contributed by atoms with Gasteiger partial charge in [-0.15, -0.1) is 0 Å². The molecule has 1 amide bonds. The zero-order valence-electron chi connectivity index (χ0n) is 19.0. The molecule has 34 heavy (non-hydrogen) atoms. The van der Waals surface area contributed by atoms with Gasteiger partial charge in [0.05, 0.1) is 12.6 Å². The van der Waals surface area contributed by atoms with Crippen molar-refractivity contribution in [1.82, 2.24) is 25.4 Å². The lowest BCUT2D eigenvalue weighted by atomic mass is 10.1. The van der Waals surface area contributed by atoms with Crippen molar-refractivity contribution in [2.24, 2.45) is 0 Å². The molecule has 2 aromatic heterocycles. The van der Waals surface area contributed by atoms with Gasteiger partial charge in [0.15, 0.2) is 5.82 Å². The maximum atomic E-state index is 12.0. The number of aliphatic hydroxyl groups is 1. The first kappa shape index (κ1) is 22.9. The maximum absolute atomic E-state index is 12.0. The molecule has 1 atom stereocenters. The third-order valence-electron chi connectivity index (χ3n) is 5.20. The summed E-state index contributed by atoms with van der Waals surface area (Å²) in [6.07, 6.45) is 1.58. The Bertz CT molecular complexity index is 1290. The third kappa shape index (κ3) is 5.02. The topological polar surface area (TPSA) is 138 Å². The number of anilines is 3. The Hall–Kier alpha value is -4.31. The molecule has 4 N–H and O–H groups in total. The van der Waals surface area contributed by atoms with E-state index in [0.29, 0.717) is 28.7 Å². The van der Waals surface area contributed by atoms with Crippen molar-refractivity contribution in [3.05, 3.63) is 77.2 Å². The van der Waals surface area contributed by atoms with E-state index in [1.165, 1.54) is 0 Å². The van der Waals surface area contributed by atoms with Crippen molar-refractivity contribution in [3.63, 3.8) is 0 Å². The van der Waals surface area contributed by atoms with Crippen molar-refractivity contribution in [1.29, 1.82) is 0 Å². The van der Waals surface area contributed by atoms with E-state index >= 15 is 0 Å². The van der Waals surface area contributed by atoms with Gasteiger partial charge < -0.3 is 25.6 Å². The smallest absolute Gasteiger partial charge is 0.263 e. The Morgan fingerprint density at radius 3 is 2.56 bits per heavy atom. The second-order valence-electron chi connectivity index (χ2n) is 7.63. The monoisotopic (exact) mass is 459 g/mol. The molecular weight excluding hydrogens is 434 g/mol. The Labute approximate surface area is 196 Å². The highest BCUT2D eigenvalue weighted by atomic mass is 16.5. The number of nitrogens with zero attached hydrogens (tertiary/aromatic N) is 4. The van der Waals surface area contributed by atoms with Gasteiger partial charge in [-0.25, -0.2) is 4.98 Å². The van der Waals surface area contributed by atoms with Gasteiger partial charge in [-0.1, -0.05) is 35.5 Å². The van der Waals surface area contributed by atoms with E-state index in [9.17, 15) is 9.90 Å². The summed E-state index contributed by atoms with van der Waals surface area (Å²) >= 11 is 0. The Morgan fingerprint density at radius 2 is 1.91 bits per heavy atom. The lowest BCUT2D eigenvalue weighted by Crippen LogP contribution is -2.19. The molecule has 0 saturated heterocycles. The van der Waals surface area contributed by atoms with Crippen molar-refractivity contribution in [3.8, 4) is 11.5 Å². The van der Waals surface area contributed by atoms with E-state index < -0.39 is 6.04 Å². The van der Waals surface area contributed by atoms with E-state index in [1.807, 2.05) is 43.3 Å². The van der Waals surface area contributed by atoms with Crippen molar-refractivity contribution in [2.45, 2.75) is 19.9 Å². The summed E-state index contributed by atoms with van der Waals surface area (Å²) in [5, 5.41) is 22.9. The van der Waals surface area contributed by atoms with Crippen molar-refractivity contribution >= 4 is 23.4 Å². The number of carbonyl (C=O) groups is 1. The van der Waals surface area contributed by atoms with Gasteiger partial charge in [0, 0.05) is 24.5 Å². The minimum absolute atomic E-state index is 0.151. The first-order valence-electron chi connectivity index (χ1n) is 10.7. The van der Waals surface area contributed by atoms with Crippen LogP contribution >= 0.6 is 0 Å². The first-order valence-corrected chi connectivity index (χ1v) is 10.7. The number of nitrogens with one attached hydrogen (secondary N) is 3. The van der Waals surface area contributed by atoms with Crippen LogP contribution in [-0.4, -0.2) is 44.8 Å². The van der Waals surface area contributed by atoms with Crippen LogP contribution in [0.15, 0.2) is 59.3 Å². The molecule has 0 aliphatic heterocycles. The van der Waals surface area contributed by atoms with Gasteiger partial charge in [-0.3, -0.25) is 4.79 Å². The molecule has 0 aliphatic rings. The lowest BCUT2D eigenvalue weighted by Gasteiger charge is -2.19. The SMILES string of the molecule is CNC(=O)c1ccc(Nc2ncc(-c3nc(C)no3)c(N[C@H](CO)c3ccccc3)n2)cc1C. The maximum Gasteiger partial charge on any atom is 0.263 e. The van der Waals surface area contributed by atoms with Gasteiger partial charge in [0.1, 0.15) is 11.4 Å². The van der Waals surface area contributed by atoms with E-state index in [2.05, 4.69) is 36.1 Å². The van der Waals surface area contributed by atoms with Crippen LogP contribution in [0.2, 0.25) is 0 Å². The zero-order chi connectivity index (χ0) is 24.1. The Morgan fingerprint density at radius 1 is 1.12 bits per heavy atom. The highest BCUT2D eigenvalue weighted by Gasteiger charge is 2.19. The number of carbonyl (C=O) groups excluding carboxylic acids is 1. The summed E-state index contributed by atoms with van der Waals surface area (Å²) in [6, 6.07) is 14.5. The molecule has 0 saturated carbocycles. The largest absolute Gasteiger partial charge is 0.394 e. The van der Waals surface area contributed by atoms with Crippen LogP contribution < -0.4 is 16.0 Å². The predicted molar refractivity (Wildman–Crippen MR) is 128 cm³/mol. The van der Waals surface area contributed by atoms with Gasteiger partial charge in [0.2, 0.25) is 5.95 Å². The highest BCUT2D eigenvalue weighted by molar-refractivity contribution is 5.95. The molecular formula is C24H25N7O3. The fourth-order valence-corrected chi connectivity index (χ4v) is 3.46. The van der Waals surface area contributed by atoms with E-state index in [1.54, 1.807) is 32.3 Å². The average molecular weight is 460 g/mol. The number of rotatable bonds is 8. The number of benzene rings is 2. The van der Waals surface area contributed by atoms with Crippen molar-refractivity contribution < 1.29 is 14.4 Å².